The molecular formula is C17H15N3. The van der Waals surface area contributed by atoms with Gasteiger partial charge < -0.3 is 5.73 Å². The van der Waals surface area contributed by atoms with Crippen molar-refractivity contribution in [2.24, 2.45) is 10.2 Å². The first kappa shape index (κ1) is 12.4. The van der Waals surface area contributed by atoms with Gasteiger partial charge in [-0.25, -0.2) is 0 Å². The lowest BCUT2D eigenvalue weighted by Gasteiger charge is -2.04. The third-order valence-corrected chi connectivity index (χ3v) is 3.30. The van der Waals surface area contributed by atoms with Crippen molar-refractivity contribution in [1.82, 2.24) is 0 Å². The second-order valence-corrected chi connectivity index (χ2v) is 4.71. The number of benzene rings is 3. The van der Waals surface area contributed by atoms with Crippen LogP contribution in [-0.4, -0.2) is 0 Å². The van der Waals surface area contributed by atoms with E-state index in [1.807, 2.05) is 67.6 Å². The van der Waals surface area contributed by atoms with Gasteiger partial charge in [-0.15, -0.1) is 5.11 Å². The van der Waals surface area contributed by atoms with Crippen LogP contribution in [0.25, 0.3) is 10.8 Å². The predicted molar refractivity (Wildman–Crippen MR) is 83.7 cm³/mol. The lowest BCUT2D eigenvalue weighted by molar-refractivity contribution is 1.22. The van der Waals surface area contributed by atoms with Gasteiger partial charge in [-0.2, -0.15) is 5.11 Å². The molecule has 0 fully saturated rings. The molecule has 20 heavy (non-hydrogen) atoms. The molecule has 0 spiro atoms. The van der Waals surface area contributed by atoms with Gasteiger partial charge in [-0.05, 0) is 30.0 Å². The van der Waals surface area contributed by atoms with Gasteiger partial charge in [-0.3, -0.25) is 0 Å². The molecule has 0 heterocycles. The highest BCUT2D eigenvalue weighted by atomic mass is 15.1. The maximum absolute atomic E-state index is 6.04. The van der Waals surface area contributed by atoms with Crippen molar-refractivity contribution in [3.8, 4) is 0 Å². The van der Waals surface area contributed by atoms with Crippen LogP contribution in [0.15, 0.2) is 70.9 Å². The van der Waals surface area contributed by atoms with Crippen molar-refractivity contribution in [3.63, 3.8) is 0 Å². The summed E-state index contributed by atoms with van der Waals surface area (Å²) < 4.78 is 0. The Balaban J connectivity index is 2.11. The quantitative estimate of drug-likeness (QED) is 0.503. The molecule has 3 heteroatoms. The van der Waals surface area contributed by atoms with Gasteiger partial charge in [0.2, 0.25) is 0 Å². The Kier molecular flexibility index (Phi) is 3.17. The molecule has 0 atom stereocenters. The van der Waals surface area contributed by atoms with Crippen molar-refractivity contribution in [3.05, 3.63) is 66.2 Å². The third-order valence-electron chi connectivity index (χ3n) is 3.30. The van der Waals surface area contributed by atoms with Crippen LogP contribution in [0.3, 0.4) is 0 Å². The number of nitrogens with zero attached hydrogens (tertiary/aromatic N) is 2. The molecule has 2 N–H and O–H groups in total. The number of hydrogen-bond acceptors (Lipinski definition) is 3. The maximum atomic E-state index is 6.04. The Morgan fingerprint density at radius 1 is 0.800 bits per heavy atom. The SMILES string of the molecule is Cc1ccccc1/N=N/c1c(N)ccc2ccccc12. The van der Waals surface area contributed by atoms with E-state index in [1.54, 1.807) is 0 Å². The van der Waals surface area contributed by atoms with Crippen LogP contribution in [0.1, 0.15) is 5.56 Å². The van der Waals surface area contributed by atoms with Crippen molar-refractivity contribution < 1.29 is 0 Å². The summed E-state index contributed by atoms with van der Waals surface area (Å²) in [6.45, 7) is 2.01. The van der Waals surface area contributed by atoms with Gasteiger partial charge in [0.1, 0.15) is 5.69 Å². The second kappa shape index (κ2) is 5.13. The number of nitrogen functional groups attached to an aromatic ring is 1. The topological polar surface area (TPSA) is 50.7 Å². The van der Waals surface area contributed by atoms with E-state index in [-0.39, 0.29) is 0 Å². The number of anilines is 1. The van der Waals surface area contributed by atoms with Crippen LogP contribution in [0.5, 0.6) is 0 Å². The number of aryl methyl sites for hydroxylation is 1. The monoisotopic (exact) mass is 261 g/mol. The van der Waals surface area contributed by atoms with E-state index in [0.717, 1.165) is 27.7 Å². The first-order valence-electron chi connectivity index (χ1n) is 6.50. The largest absolute Gasteiger partial charge is 0.397 e. The summed E-state index contributed by atoms with van der Waals surface area (Å²) in [6.07, 6.45) is 0. The van der Waals surface area contributed by atoms with Gasteiger partial charge in [0.15, 0.2) is 0 Å². The minimum atomic E-state index is 0.640. The van der Waals surface area contributed by atoms with E-state index in [0.29, 0.717) is 5.69 Å². The average molecular weight is 261 g/mol. The highest BCUT2D eigenvalue weighted by Gasteiger charge is 2.04. The Morgan fingerprint density at radius 3 is 2.40 bits per heavy atom. The highest BCUT2D eigenvalue weighted by molar-refractivity contribution is 5.97. The fourth-order valence-electron chi connectivity index (χ4n) is 2.16. The molecule has 0 saturated carbocycles. The highest BCUT2D eigenvalue weighted by Crippen LogP contribution is 2.33. The van der Waals surface area contributed by atoms with Gasteiger partial charge in [-0.1, -0.05) is 48.5 Å². The molecule has 0 amide bonds. The van der Waals surface area contributed by atoms with Crippen molar-refractivity contribution in [2.45, 2.75) is 6.92 Å². The molecule has 0 aliphatic carbocycles. The van der Waals surface area contributed by atoms with Crippen LogP contribution in [0.2, 0.25) is 0 Å². The van der Waals surface area contributed by atoms with Gasteiger partial charge >= 0.3 is 0 Å². The zero-order valence-corrected chi connectivity index (χ0v) is 11.2. The van der Waals surface area contributed by atoms with E-state index >= 15 is 0 Å². The Morgan fingerprint density at radius 2 is 1.55 bits per heavy atom. The minimum Gasteiger partial charge on any atom is -0.397 e. The summed E-state index contributed by atoms with van der Waals surface area (Å²) in [5, 5.41) is 10.8. The fraction of sp³-hybridized carbons (Fsp3) is 0.0588. The molecule has 98 valence electrons. The number of fused-ring (bicyclic) bond motifs is 1. The van der Waals surface area contributed by atoms with E-state index < -0.39 is 0 Å². The van der Waals surface area contributed by atoms with Gasteiger partial charge in [0.25, 0.3) is 0 Å². The first-order valence-corrected chi connectivity index (χ1v) is 6.50. The molecule has 3 aromatic rings. The molecule has 0 radical (unpaired) electrons. The molecule has 3 nitrogen and oxygen atoms in total. The lowest BCUT2D eigenvalue weighted by atomic mass is 10.1. The molecule has 3 rings (SSSR count). The summed E-state index contributed by atoms with van der Waals surface area (Å²) >= 11 is 0. The average Bonchev–Trinajstić information content (AvgIpc) is 2.48. The van der Waals surface area contributed by atoms with E-state index in [1.165, 1.54) is 0 Å². The fourth-order valence-corrected chi connectivity index (χ4v) is 2.16. The van der Waals surface area contributed by atoms with Crippen LogP contribution in [0, 0.1) is 6.92 Å². The summed E-state index contributed by atoms with van der Waals surface area (Å²) in [5.74, 6) is 0. The molecule has 3 aromatic carbocycles. The van der Waals surface area contributed by atoms with E-state index in [4.69, 9.17) is 5.73 Å². The first-order chi connectivity index (χ1) is 9.75. The van der Waals surface area contributed by atoms with E-state index in [9.17, 15) is 0 Å². The molecule has 0 unspecified atom stereocenters. The summed E-state index contributed by atoms with van der Waals surface area (Å²) in [5.41, 5.74) is 9.36. The Bertz CT molecular complexity index is 791. The van der Waals surface area contributed by atoms with Crippen LogP contribution in [0.4, 0.5) is 17.1 Å². The number of hydrogen-bond donors (Lipinski definition) is 1. The maximum Gasteiger partial charge on any atom is 0.116 e. The Labute approximate surface area is 117 Å². The van der Waals surface area contributed by atoms with Crippen LogP contribution >= 0.6 is 0 Å². The summed E-state index contributed by atoms with van der Waals surface area (Å²) in [6, 6.07) is 19.8. The molecule has 0 aliphatic rings. The van der Waals surface area contributed by atoms with Crippen LogP contribution < -0.4 is 5.73 Å². The molecule has 0 bridgehead atoms. The number of nitrogens with two attached hydrogens (primary N) is 1. The van der Waals surface area contributed by atoms with E-state index in [2.05, 4.69) is 10.2 Å². The molecule has 0 aromatic heterocycles. The summed E-state index contributed by atoms with van der Waals surface area (Å²) in [4.78, 5) is 0. The van der Waals surface area contributed by atoms with Crippen LogP contribution in [-0.2, 0) is 0 Å². The zero-order valence-electron chi connectivity index (χ0n) is 11.2. The third kappa shape index (κ3) is 2.26. The van der Waals surface area contributed by atoms with Gasteiger partial charge in [0, 0.05) is 5.39 Å². The number of rotatable bonds is 2. The zero-order chi connectivity index (χ0) is 13.9. The van der Waals surface area contributed by atoms with Gasteiger partial charge in [0.05, 0.1) is 11.4 Å². The standard InChI is InChI=1S/C17H15N3/c1-12-6-2-5-9-16(12)19-20-17-14-8-4-3-7-13(14)10-11-15(17)18/h2-11H,18H2,1H3/b20-19+. The lowest BCUT2D eigenvalue weighted by Crippen LogP contribution is -1.86. The minimum absolute atomic E-state index is 0.640. The number of azo groups is 1. The predicted octanol–water partition coefficient (Wildman–Crippen LogP) is 5.15. The Hall–Kier alpha value is -2.68. The summed E-state index contributed by atoms with van der Waals surface area (Å²) in [7, 11) is 0. The van der Waals surface area contributed by atoms with Crippen molar-refractivity contribution in [1.29, 1.82) is 0 Å². The van der Waals surface area contributed by atoms with Crippen molar-refractivity contribution >= 4 is 27.8 Å². The molecular weight excluding hydrogens is 246 g/mol. The molecule has 0 aliphatic heterocycles. The second-order valence-electron chi connectivity index (χ2n) is 4.71. The van der Waals surface area contributed by atoms with Crippen molar-refractivity contribution in [2.75, 3.05) is 5.73 Å². The smallest absolute Gasteiger partial charge is 0.116 e. The molecule has 0 saturated heterocycles. The normalized spacial score (nSPS) is 11.2.